The topological polar surface area (TPSA) is 113 Å². The summed E-state index contributed by atoms with van der Waals surface area (Å²) >= 11 is 0. The maximum absolute atomic E-state index is 12.7. The van der Waals surface area contributed by atoms with Gasteiger partial charge in [0.05, 0.1) is 29.2 Å². The van der Waals surface area contributed by atoms with E-state index < -0.39 is 17.7 Å². The van der Waals surface area contributed by atoms with Crippen molar-refractivity contribution in [2.75, 3.05) is 13.1 Å². The molecule has 1 fully saturated rings. The first kappa shape index (κ1) is 21.3. The van der Waals surface area contributed by atoms with Crippen LogP contribution in [0, 0.1) is 5.92 Å². The lowest BCUT2D eigenvalue weighted by Gasteiger charge is -2.39. The molecule has 1 saturated heterocycles. The van der Waals surface area contributed by atoms with Gasteiger partial charge in [-0.25, -0.2) is 0 Å². The van der Waals surface area contributed by atoms with E-state index in [9.17, 15) is 14.7 Å². The summed E-state index contributed by atoms with van der Waals surface area (Å²) in [4.78, 5) is 30.8. The minimum absolute atomic E-state index is 0.00209. The largest absolute Gasteiger partial charge is 0.388 e. The Morgan fingerprint density at radius 1 is 1.28 bits per heavy atom. The van der Waals surface area contributed by atoms with Gasteiger partial charge >= 0.3 is 0 Å². The molecule has 158 valence electrons. The van der Waals surface area contributed by atoms with E-state index in [-0.39, 0.29) is 17.7 Å². The second kappa shape index (κ2) is 8.51. The smallest absolute Gasteiger partial charge is 0.244 e. The number of nitrogens with zero attached hydrogens (tertiary/aromatic N) is 3. The molecule has 2 aromatic rings. The van der Waals surface area contributed by atoms with E-state index in [0.29, 0.717) is 32.5 Å². The molecule has 3 rings (SSSR count). The Balaban J connectivity index is 1.56. The fourth-order valence-electron chi connectivity index (χ4n) is 3.73. The molecule has 0 unspecified atom stereocenters. The van der Waals surface area contributed by atoms with E-state index >= 15 is 0 Å². The second-order valence-electron chi connectivity index (χ2n) is 8.40. The predicted molar refractivity (Wildman–Crippen MR) is 111 cm³/mol. The molecule has 4 N–H and O–H groups in total. The van der Waals surface area contributed by atoms with Gasteiger partial charge in [-0.1, -0.05) is 13.8 Å². The summed E-state index contributed by atoms with van der Waals surface area (Å²) < 4.78 is 2.01. The molecule has 0 aromatic carbocycles. The van der Waals surface area contributed by atoms with Gasteiger partial charge in [0, 0.05) is 25.5 Å². The molecule has 2 atom stereocenters. The van der Waals surface area contributed by atoms with Crippen molar-refractivity contribution in [2.45, 2.75) is 57.8 Å². The maximum Gasteiger partial charge on any atom is 0.244 e. The van der Waals surface area contributed by atoms with Crippen LogP contribution in [0.1, 0.15) is 33.6 Å². The SMILES string of the molecule is CC(C)[C@@H](N)C(=O)N[C@H](C)C(=O)N1CCC(O)(Cn2ccc3ncccc32)CC1. The molecular formula is C21H31N5O3. The highest BCUT2D eigenvalue weighted by atomic mass is 16.3. The Hall–Kier alpha value is -2.45. The van der Waals surface area contributed by atoms with Gasteiger partial charge < -0.3 is 25.6 Å². The number of hydrogen-bond acceptors (Lipinski definition) is 5. The first-order valence-electron chi connectivity index (χ1n) is 10.2. The molecular weight excluding hydrogens is 370 g/mol. The van der Waals surface area contributed by atoms with Crippen LogP contribution < -0.4 is 11.1 Å². The van der Waals surface area contributed by atoms with Crippen LogP contribution in [-0.4, -0.2) is 62.1 Å². The Kier molecular flexibility index (Phi) is 6.24. The Morgan fingerprint density at radius 2 is 1.97 bits per heavy atom. The number of carbonyl (C=O) groups is 2. The fourth-order valence-corrected chi connectivity index (χ4v) is 3.73. The zero-order valence-electron chi connectivity index (χ0n) is 17.3. The Bertz CT molecular complexity index is 870. The summed E-state index contributed by atoms with van der Waals surface area (Å²) in [6.45, 7) is 6.76. The first-order valence-corrected chi connectivity index (χ1v) is 10.2. The van der Waals surface area contributed by atoms with Crippen LogP contribution in [0.2, 0.25) is 0 Å². The number of pyridine rings is 1. The average Bonchev–Trinajstić information content (AvgIpc) is 3.09. The van der Waals surface area contributed by atoms with Crippen LogP contribution >= 0.6 is 0 Å². The van der Waals surface area contributed by atoms with Crippen LogP contribution in [0.25, 0.3) is 11.0 Å². The monoisotopic (exact) mass is 401 g/mol. The number of aliphatic hydroxyl groups is 1. The second-order valence-corrected chi connectivity index (χ2v) is 8.40. The number of nitrogens with two attached hydrogens (primary N) is 1. The van der Waals surface area contributed by atoms with E-state index in [0.717, 1.165) is 11.0 Å². The van der Waals surface area contributed by atoms with E-state index in [2.05, 4.69) is 10.3 Å². The van der Waals surface area contributed by atoms with Crippen LogP contribution in [0.5, 0.6) is 0 Å². The number of hydrogen-bond donors (Lipinski definition) is 3. The van der Waals surface area contributed by atoms with Crippen molar-refractivity contribution >= 4 is 22.8 Å². The summed E-state index contributed by atoms with van der Waals surface area (Å²) in [5, 5.41) is 13.8. The quantitative estimate of drug-likeness (QED) is 0.665. The molecule has 1 aliphatic heterocycles. The number of likely N-dealkylation sites (tertiary alicyclic amines) is 1. The number of amides is 2. The van der Waals surface area contributed by atoms with Crippen molar-refractivity contribution in [3.05, 3.63) is 30.6 Å². The van der Waals surface area contributed by atoms with Gasteiger partial charge in [-0.2, -0.15) is 0 Å². The lowest BCUT2D eigenvalue weighted by atomic mass is 9.91. The maximum atomic E-state index is 12.7. The zero-order chi connectivity index (χ0) is 21.2. The van der Waals surface area contributed by atoms with E-state index in [1.54, 1.807) is 18.0 Å². The third-order valence-electron chi connectivity index (χ3n) is 5.76. The van der Waals surface area contributed by atoms with Gasteiger partial charge in [-0.15, -0.1) is 0 Å². The molecule has 2 aromatic heterocycles. The Morgan fingerprint density at radius 3 is 2.62 bits per heavy atom. The normalized spacial score (nSPS) is 18.6. The van der Waals surface area contributed by atoms with E-state index in [1.165, 1.54) is 0 Å². The summed E-state index contributed by atoms with van der Waals surface area (Å²) in [6, 6.07) is 4.52. The summed E-state index contributed by atoms with van der Waals surface area (Å²) in [7, 11) is 0. The summed E-state index contributed by atoms with van der Waals surface area (Å²) in [5.74, 6) is -0.461. The van der Waals surface area contributed by atoms with Gasteiger partial charge in [0.2, 0.25) is 11.8 Å². The molecule has 0 saturated carbocycles. The molecule has 2 amide bonds. The standard InChI is InChI=1S/C21H31N5O3/c1-14(2)18(22)19(27)24-15(3)20(28)25-11-7-21(29,8-12-25)13-26-10-6-16-17(26)5-4-9-23-16/h4-6,9-10,14-15,18,29H,7-8,11-13,22H2,1-3H3,(H,24,27)/t15-,18-/m1/s1. The van der Waals surface area contributed by atoms with Gasteiger partial charge in [-0.05, 0) is 43.9 Å². The highest BCUT2D eigenvalue weighted by molar-refractivity contribution is 5.89. The van der Waals surface area contributed by atoms with Crippen LogP contribution in [0.3, 0.4) is 0 Å². The number of piperidine rings is 1. The lowest BCUT2D eigenvalue weighted by Crippen LogP contribution is -2.55. The van der Waals surface area contributed by atoms with Crippen molar-refractivity contribution in [1.29, 1.82) is 0 Å². The number of nitrogens with one attached hydrogen (secondary N) is 1. The highest BCUT2D eigenvalue weighted by Gasteiger charge is 2.36. The summed E-state index contributed by atoms with van der Waals surface area (Å²) in [5.41, 5.74) is 6.85. The molecule has 0 spiro atoms. The predicted octanol–water partition coefficient (Wildman–Crippen LogP) is 0.878. The summed E-state index contributed by atoms with van der Waals surface area (Å²) in [6.07, 6.45) is 4.64. The molecule has 0 radical (unpaired) electrons. The molecule has 29 heavy (non-hydrogen) atoms. The average molecular weight is 402 g/mol. The van der Waals surface area contributed by atoms with Crippen molar-refractivity contribution in [3.8, 4) is 0 Å². The van der Waals surface area contributed by atoms with Gasteiger partial charge in [0.1, 0.15) is 6.04 Å². The number of rotatable bonds is 6. The van der Waals surface area contributed by atoms with Crippen LogP contribution in [0.15, 0.2) is 30.6 Å². The minimum atomic E-state index is -0.884. The Labute approximate surface area is 171 Å². The minimum Gasteiger partial charge on any atom is -0.388 e. The number of aromatic nitrogens is 2. The van der Waals surface area contributed by atoms with E-state index in [1.807, 2.05) is 42.8 Å². The van der Waals surface area contributed by atoms with Crippen LogP contribution in [-0.2, 0) is 16.1 Å². The molecule has 8 nitrogen and oxygen atoms in total. The van der Waals surface area contributed by atoms with Crippen molar-refractivity contribution in [3.63, 3.8) is 0 Å². The third-order valence-corrected chi connectivity index (χ3v) is 5.76. The number of fused-ring (bicyclic) bond motifs is 1. The molecule has 3 heterocycles. The van der Waals surface area contributed by atoms with Crippen molar-refractivity contribution in [2.24, 2.45) is 11.7 Å². The van der Waals surface area contributed by atoms with Gasteiger partial charge in [-0.3, -0.25) is 14.6 Å². The van der Waals surface area contributed by atoms with E-state index in [4.69, 9.17) is 5.73 Å². The highest BCUT2D eigenvalue weighted by Crippen LogP contribution is 2.26. The molecule has 8 heteroatoms. The first-order chi connectivity index (χ1) is 13.7. The third kappa shape index (κ3) is 4.76. The molecule has 1 aliphatic rings. The fraction of sp³-hybridized carbons (Fsp3) is 0.571. The number of carbonyl (C=O) groups excluding carboxylic acids is 2. The van der Waals surface area contributed by atoms with Crippen LogP contribution in [0.4, 0.5) is 0 Å². The molecule has 0 aliphatic carbocycles. The lowest BCUT2D eigenvalue weighted by molar-refractivity contribution is -0.140. The van der Waals surface area contributed by atoms with Gasteiger partial charge in [0.15, 0.2) is 0 Å². The van der Waals surface area contributed by atoms with Crippen molar-refractivity contribution in [1.82, 2.24) is 19.8 Å². The van der Waals surface area contributed by atoms with Gasteiger partial charge in [0.25, 0.3) is 0 Å². The zero-order valence-corrected chi connectivity index (χ0v) is 17.3. The van der Waals surface area contributed by atoms with Crippen molar-refractivity contribution < 1.29 is 14.7 Å². The molecule has 0 bridgehead atoms.